The summed E-state index contributed by atoms with van der Waals surface area (Å²) in [6.45, 7) is -0.767. The third-order valence-electron chi connectivity index (χ3n) is 4.21. The van der Waals surface area contributed by atoms with Gasteiger partial charge in [-0.15, -0.1) is 11.3 Å². The van der Waals surface area contributed by atoms with Crippen LogP contribution in [0.3, 0.4) is 0 Å². The monoisotopic (exact) mass is 458 g/mol. The van der Waals surface area contributed by atoms with E-state index in [-0.39, 0.29) is 6.61 Å². The molecule has 3 aromatic rings. The molecule has 0 spiro atoms. The summed E-state index contributed by atoms with van der Waals surface area (Å²) in [6.07, 6.45) is 0. The lowest BCUT2D eigenvalue weighted by molar-refractivity contribution is -0.149. The molecule has 32 heavy (non-hydrogen) atoms. The average molecular weight is 458 g/mol. The molecule has 0 fully saturated rings. The number of amides is 1. The molecule has 2 aromatic carbocycles. The Morgan fingerprint density at radius 1 is 0.906 bits per heavy atom. The highest BCUT2D eigenvalue weighted by atomic mass is 32.1. The normalized spacial score (nSPS) is 10.2. The van der Waals surface area contributed by atoms with Gasteiger partial charge >= 0.3 is 5.97 Å². The van der Waals surface area contributed by atoms with E-state index < -0.39 is 18.5 Å². The maximum atomic E-state index is 12.1. The fourth-order valence-electron chi connectivity index (χ4n) is 2.62. The van der Waals surface area contributed by atoms with Crippen LogP contribution in [0.1, 0.15) is 0 Å². The number of nitrogens with zero attached hydrogens (tertiary/aromatic N) is 1. The van der Waals surface area contributed by atoms with Gasteiger partial charge in [-0.05, 0) is 42.5 Å². The highest BCUT2D eigenvalue weighted by Gasteiger charge is 2.13. The second kappa shape index (κ2) is 11.0. The molecule has 9 nitrogen and oxygen atoms in total. The van der Waals surface area contributed by atoms with Gasteiger partial charge in [-0.2, -0.15) is 0 Å². The van der Waals surface area contributed by atoms with Crippen LogP contribution in [0, 0.1) is 0 Å². The number of ether oxygens (including phenoxy) is 5. The summed E-state index contributed by atoms with van der Waals surface area (Å²) in [5.74, 6) is 1.17. The Kier molecular flexibility index (Phi) is 7.87. The summed E-state index contributed by atoms with van der Waals surface area (Å²) in [5.41, 5.74) is 1.47. The summed E-state index contributed by atoms with van der Waals surface area (Å²) in [6, 6.07) is 12.2. The minimum atomic E-state index is -0.666. The smallest absolute Gasteiger partial charge is 0.344 e. The number of nitrogens with one attached hydrogen (secondary N) is 1. The lowest BCUT2D eigenvalue weighted by Gasteiger charge is -2.08. The minimum absolute atomic E-state index is 0.319. The molecular formula is C22H22N2O7S. The average Bonchev–Trinajstić information content (AvgIpc) is 3.29. The van der Waals surface area contributed by atoms with Gasteiger partial charge in [-0.25, -0.2) is 9.78 Å². The quantitative estimate of drug-likeness (QED) is 0.461. The van der Waals surface area contributed by atoms with E-state index in [4.69, 9.17) is 23.7 Å². The molecule has 0 aliphatic heterocycles. The fraction of sp³-hybridized carbons (Fsp3) is 0.227. The fourth-order valence-corrected chi connectivity index (χ4v) is 3.35. The molecule has 168 valence electrons. The number of methoxy groups -OCH3 is 3. The first-order valence-electron chi connectivity index (χ1n) is 9.42. The van der Waals surface area contributed by atoms with Crippen LogP contribution in [0.4, 0.5) is 5.13 Å². The van der Waals surface area contributed by atoms with E-state index in [2.05, 4.69) is 10.3 Å². The molecule has 0 radical (unpaired) electrons. The van der Waals surface area contributed by atoms with Crippen molar-refractivity contribution in [3.05, 3.63) is 47.8 Å². The summed E-state index contributed by atoms with van der Waals surface area (Å²) in [5, 5.41) is 4.78. The van der Waals surface area contributed by atoms with Crippen molar-refractivity contribution in [2.75, 3.05) is 39.9 Å². The number of rotatable bonds is 10. The first kappa shape index (κ1) is 22.9. The lowest BCUT2D eigenvalue weighted by Crippen LogP contribution is -2.23. The maximum Gasteiger partial charge on any atom is 0.344 e. The second-order valence-electron chi connectivity index (χ2n) is 6.28. The predicted octanol–water partition coefficient (Wildman–Crippen LogP) is 3.40. The SMILES string of the molecule is COc1ccc(OCC(=O)OCC(=O)Nc2nc(-c3ccc(OC)c(OC)c3)cs2)cc1. The molecule has 0 atom stereocenters. The molecule has 1 N–H and O–H groups in total. The van der Waals surface area contributed by atoms with E-state index in [9.17, 15) is 9.59 Å². The van der Waals surface area contributed by atoms with Crippen molar-refractivity contribution in [2.45, 2.75) is 0 Å². The van der Waals surface area contributed by atoms with Crippen LogP contribution in [0.2, 0.25) is 0 Å². The molecule has 0 aliphatic carbocycles. The van der Waals surface area contributed by atoms with Crippen molar-refractivity contribution < 1.29 is 33.3 Å². The Balaban J connectivity index is 1.47. The van der Waals surface area contributed by atoms with Gasteiger partial charge in [0.2, 0.25) is 0 Å². The van der Waals surface area contributed by atoms with Crippen molar-refractivity contribution in [1.29, 1.82) is 0 Å². The van der Waals surface area contributed by atoms with Crippen molar-refractivity contribution in [1.82, 2.24) is 4.98 Å². The molecule has 1 amide bonds. The van der Waals surface area contributed by atoms with Gasteiger partial charge in [0, 0.05) is 10.9 Å². The van der Waals surface area contributed by atoms with E-state index >= 15 is 0 Å². The topological polar surface area (TPSA) is 105 Å². The number of hydrogen-bond donors (Lipinski definition) is 1. The van der Waals surface area contributed by atoms with Crippen LogP contribution in [-0.4, -0.2) is 51.4 Å². The third-order valence-corrected chi connectivity index (χ3v) is 4.97. The molecule has 0 aliphatic rings. The van der Waals surface area contributed by atoms with Gasteiger partial charge < -0.3 is 23.7 Å². The van der Waals surface area contributed by atoms with Crippen LogP contribution in [0.5, 0.6) is 23.0 Å². The molecular weight excluding hydrogens is 436 g/mol. The van der Waals surface area contributed by atoms with Gasteiger partial charge in [-0.3, -0.25) is 10.1 Å². The van der Waals surface area contributed by atoms with E-state index in [1.807, 2.05) is 6.07 Å². The largest absolute Gasteiger partial charge is 0.497 e. The van der Waals surface area contributed by atoms with Crippen LogP contribution < -0.4 is 24.3 Å². The van der Waals surface area contributed by atoms with Gasteiger partial charge in [0.1, 0.15) is 11.5 Å². The summed E-state index contributed by atoms with van der Waals surface area (Å²) >= 11 is 1.25. The Morgan fingerprint density at radius 2 is 1.62 bits per heavy atom. The van der Waals surface area contributed by atoms with Crippen LogP contribution in [-0.2, 0) is 14.3 Å². The molecule has 3 rings (SSSR count). The van der Waals surface area contributed by atoms with Crippen LogP contribution >= 0.6 is 11.3 Å². The zero-order valence-electron chi connectivity index (χ0n) is 17.7. The number of hydrogen-bond acceptors (Lipinski definition) is 9. The number of aromatic nitrogens is 1. The first-order chi connectivity index (χ1) is 15.5. The first-order valence-corrected chi connectivity index (χ1v) is 10.3. The number of carbonyl (C=O) groups is 2. The van der Waals surface area contributed by atoms with Gasteiger partial charge in [-0.1, -0.05) is 0 Å². The molecule has 1 aromatic heterocycles. The zero-order chi connectivity index (χ0) is 22.9. The standard InChI is InChI=1S/C22H22N2O7S/c1-27-15-5-7-16(8-6-15)30-12-21(26)31-11-20(25)24-22-23-17(13-32-22)14-4-9-18(28-2)19(10-14)29-3/h4-10,13H,11-12H2,1-3H3,(H,23,24,25). The lowest BCUT2D eigenvalue weighted by atomic mass is 10.1. The van der Waals surface area contributed by atoms with E-state index in [1.54, 1.807) is 63.1 Å². The van der Waals surface area contributed by atoms with E-state index in [1.165, 1.54) is 11.3 Å². The molecule has 10 heteroatoms. The Morgan fingerprint density at radius 3 is 2.31 bits per heavy atom. The predicted molar refractivity (Wildman–Crippen MR) is 119 cm³/mol. The summed E-state index contributed by atoms with van der Waals surface area (Å²) in [4.78, 5) is 28.3. The van der Waals surface area contributed by atoms with Gasteiger partial charge in [0.25, 0.3) is 5.91 Å². The number of anilines is 1. The van der Waals surface area contributed by atoms with Crippen LogP contribution in [0.15, 0.2) is 47.8 Å². The zero-order valence-corrected chi connectivity index (χ0v) is 18.6. The summed E-state index contributed by atoms with van der Waals surface area (Å²) < 4.78 is 25.8. The highest BCUT2D eigenvalue weighted by molar-refractivity contribution is 7.14. The highest BCUT2D eigenvalue weighted by Crippen LogP contribution is 2.33. The number of carbonyl (C=O) groups excluding carboxylic acids is 2. The Hall–Kier alpha value is -3.79. The van der Waals surface area contributed by atoms with E-state index in [0.29, 0.717) is 33.8 Å². The maximum absolute atomic E-state index is 12.1. The van der Waals surface area contributed by atoms with E-state index in [0.717, 1.165) is 5.56 Å². The number of benzene rings is 2. The van der Waals surface area contributed by atoms with Crippen molar-refractivity contribution in [3.63, 3.8) is 0 Å². The second-order valence-corrected chi connectivity index (χ2v) is 7.14. The van der Waals surface area contributed by atoms with Crippen LogP contribution in [0.25, 0.3) is 11.3 Å². The van der Waals surface area contributed by atoms with Gasteiger partial charge in [0.05, 0.1) is 27.0 Å². The Bertz CT molecular complexity index is 1070. The number of thiazole rings is 1. The van der Waals surface area contributed by atoms with Crippen molar-refractivity contribution in [2.24, 2.45) is 0 Å². The molecule has 0 unspecified atom stereocenters. The van der Waals surface area contributed by atoms with Crippen molar-refractivity contribution >= 4 is 28.3 Å². The molecule has 1 heterocycles. The third kappa shape index (κ3) is 6.11. The van der Waals surface area contributed by atoms with Crippen molar-refractivity contribution in [3.8, 4) is 34.3 Å². The molecule has 0 bridgehead atoms. The molecule has 0 saturated heterocycles. The Labute approximate surface area is 188 Å². The molecule has 0 saturated carbocycles. The van der Waals surface area contributed by atoms with Gasteiger partial charge in [0.15, 0.2) is 29.8 Å². The minimum Gasteiger partial charge on any atom is -0.497 e. The summed E-state index contributed by atoms with van der Waals surface area (Å²) in [7, 11) is 4.67. The number of esters is 1.